The molecule has 27 heavy (non-hydrogen) atoms. The molecule has 6 nitrogen and oxygen atoms in total. The summed E-state index contributed by atoms with van der Waals surface area (Å²) in [6.07, 6.45) is 0. The summed E-state index contributed by atoms with van der Waals surface area (Å²) in [7, 11) is 1.78. The number of anilines is 1. The number of hydrogen-bond acceptors (Lipinski definition) is 2. The lowest BCUT2D eigenvalue weighted by Crippen LogP contribution is -2.33. The van der Waals surface area contributed by atoms with Gasteiger partial charge in [-0.15, -0.1) is 0 Å². The molecule has 2 amide bonds. The summed E-state index contributed by atoms with van der Waals surface area (Å²) in [4.78, 5) is 25.3. The molecule has 0 saturated heterocycles. The van der Waals surface area contributed by atoms with Gasteiger partial charge in [0, 0.05) is 12.1 Å². The van der Waals surface area contributed by atoms with Crippen LogP contribution in [-0.2, 0) is 7.05 Å². The highest BCUT2D eigenvalue weighted by atomic mass is 35.5. The Labute approximate surface area is 162 Å². The summed E-state index contributed by atoms with van der Waals surface area (Å²) in [5, 5.41) is 6.12. The van der Waals surface area contributed by atoms with Gasteiger partial charge in [-0.3, -0.25) is 9.48 Å². The molecule has 0 fully saturated rings. The van der Waals surface area contributed by atoms with Crippen molar-refractivity contribution in [2.45, 2.75) is 19.9 Å². The van der Waals surface area contributed by atoms with Gasteiger partial charge in [0.05, 0.1) is 17.4 Å². The van der Waals surface area contributed by atoms with Crippen LogP contribution in [0.25, 0.3) is 5.69 Å². The van der Waals surface area contributed by atoms with E-state index >= 15 is 0 Å². The molecule has 0 saturated carbocycles. The lowest BCUT2D eigenvalue weighted by molar-refractivity contribution is 0.249. The van der Waals surface area contributed by atoms with Crippen molar-refractivity contribution in [2.24, 2.45) is 7.05 Å². The third-order valence-electron chi connectivity index (χ3n) is 4.49. The van der Waals surface area contributed by atoms with Crippen LogP contribution in [0.3, 0.4) is 0 Å². The van der Waals surface area contributed by atoms with Crippen molar-refractivity contribution in [2.75, 3.05) is 5.32 Å². The molecule has 140 valence electrons. The second-order valence-corrected chi connectivity index (χ2v) is 6.75. The van der Waals surface area contributed by atoms with Gasteiger partial charge in [0.2, 0.25) is 0 Å². The zero-order valence-electron chi connectivity index (χ0n) is 15.4. The largest absolute Gasteiger partial charge is 0.331 e. The molecular weight excluding hydrogens is 364 g/mol. The molecule has 7 heteroatoms. The number of halogens is 1. The molecule has 3 aromatic rings. The Kier molecular flexibility index (Phi) is 5.37. The van der Waals surface area contributed by atoms with Gasteiger partial charge in [-0.2, -0.15) is 0 Å². The standard InChI is InChI=1S/C20H21ClN4O2/c1-13(15-8-7-9-16(21)12-15)22-20(27)23-18-14(2)24(3)25(19(18)26)17-10-5-4-6-11-17/h4-13H,1-3H3,(H2,22,23,27). The molecule has 2 N–H and O–H groups in total. The Morgan fingerprint density at radius 3 is 2.48 bits per heavy atom. The Morgan fingerprint density at radius 2 is 1.81 bits per heavy atom. The average molecular weight is 385 g/mol. The quantitative estimate of drug-likeness (QED) is 0.713. The van der Waals surface area contributed by atoms with E-state index in [9.17, 15) is 9.59 Å². The minimum Gasteiger partial charge on any atom is -0.331 e. The van der Waals surface area contributed by atoms with Crippen molar-refractivity contribution < 1.29 is 4.79 Å². The molecule has 1 heterocycles. The molecule has 1 atom stereocenters. The number of urea groups is 1. The molecule has 0 aliphatic heterocycles. The normalized spacial score (nSPS) is 11.9. The summed E-state index contributed by atoms with van der Waals surface area (Å²) in [6, 6.07) is 15.8. The SMILES string of the molecule is Cc1c(NC(=O)NC(C)c2cccc(Cl)c2)c(=O)n(-c2ccccc2)n1C. The van der Waals surface area contributed by atoms with Gasteiger partial charge in [-0.05, 0) is 43.7 Å². The van der Waals surface area contributed by atoms with E-state index < -0.39 is 6.03 Å². The zero-order chi connectivity index (χ0) is 19.6. The van der Waals surface area contributed by atoms with E-state index in [-0.39, 0.29) is 17.3 Å². The molecule has 0 spiro atoms. The predicted molar refractivity (Wildman–Crippen MR) is 108 cm³/mol. The number of aromatic nitrogens is 2. The van der Waals surface area contributed by atoms with Crippen molar-refractivity contribution in [1.82, 2.24) is 14.7 Å². The maximum absolute atomic E-state index is 12.8. The van der Waals surface area contributed by atoms with Crippen LogP contribution >= 0.6 is 11.6 Å². The van der Waals surface area contributed by atoms with Crippen molar-refractivity contribution in [3.63, 3.8) is 0 Å². The van der Waals surface area contributed by atoms with E-state index in [1.807, 2.05) is 49.4 Å². The number of rotatable bonds is 4. The van der Waals surface area contributed by atoms with E-state index in [1.54, 1.807) is 30.8 Å². The van der Waals surface area contributed by atoms with Crippen LogP contribution in [0.2, 0.25) is 5.02 Å². The van der Waals surface area contributed by atoms with Gasteiger partial charge in [0.25, 0.3) is 5.56 Å². The monoisotopic (exact) mass is 384 g/mol. The molecule has 0 radical (unpaired) electrons. The Bertz CT molecular complexity index is 1020. The van der Waals surface area contributed by atoms with Crippen LogP contribution in [0, 0.1) is 6.92 Å². The Hall–Kier alpha value is -2.99. The molecule has 0 aliphatic rings. The second kappa shape index (κ2) is 7.72. The second-order valence-electron chi connectivity index (χ2n) is 6.31. The first-order valence-electron chi connectivity index (χ1n) is 8.55. The molecular formula is C20H21ClN4O2. The Morgan fingerprint density at radius 1 is 1.11 bits per heavy atom. The van der Waals surface area contributed by atoms with Gasteiger partial charge in [0.1, 0.15) is 5.69 Å². The zero-order valence-corrected chi connectivity index (χ0v) is 16.1. The first-order valence-corrected chi connectivity index (χ1v) is 8.93. The number of hydrogen-bond donors (Lipinski definition) is 2. The van der Waals surface area contributed by atoms with Crippen molar-refractivity contribution in [1.29, 1.82) is 0 Å². The average Bonchev–Trinajstić information content (AvgIpc) is 2.86. The van der Waals surface area contributed by atoms with E-state index in [0.717, 1.165) is 11.3 Å². The predicted octanol–water partition coefficient (Wildman–Crippen LogP) is 4.02. The van der Waals surface area contributed by atoms with Crippen LogP contribution in [-0.4, -0.2) is 15.4 Å². The number of benzene rings is 2. The Balaban J connectivity index is 1.82. The lowest BCUT2D eigenvalue weighted by Gasteiger charge is -2.15. The topological polar surface area (TPSA) is 68.1 Å². The third-order valence-corrected chi connectivity index (χ3v) is 4.72. The van der Waals surface area contributed by atoms with Gasteiger partial charge < -0.3 is 10.6 Å². The summed E-state index contributed by atoms with van der Waals surface area (Å²) < 4.78 is 3.24. The van der Waals surface area contributed by atoms with Crippen molar-refractivity contribution >= 4 is 23.3 Å². The smallest absolute Gasteiger partial charge is 0.319 e. The van der Waals surface area contributed by atoms with Crippen LogP contribution in [0.5, 0.6) is 0 Å². The van der Waals surface area contributed by atoms with E-state index in [0.29, 0.717) is 10.7 Å². The fourth-order valence-electron chi connectivity index (χ4n) is 2.92. The molecule has 0 bridgehead atoms. The van der Waals surface area contributed by atoms with E-state index in [2.05, 4.69) is 10.6 Å². The fourth-order valence-corrected chi connectivity index (χ4v) is 3.12. The minimum atomic E-state index is -0.450. The number of amides is 2. The number of nitrogens with zero attached hydrogens (tertiary/aromatic N) is 2. The van der Waals surface area contributed by atoms with Crippen molar-refractivity contribution in [3.8, 4) is 5.69 Å². The molecule has 1 aromatic heterocycles. The van der Waals surface area contributed by atoms with Gasteiger partial charge in [-0.25, -0.2) is 9.48 Å². The highest BCUT2D eigenvalue weighted by Crippen LogP contribution is 2.18. The first kappa shape index (κ1) is 18.8. The van der Waals surface area contributed by atoms with Crippen LogP contribution in [0.1, 0.15) is 24.2 Å². The number of para-hydroxylation sites is 1. The molecule has 1 unspecified atom stereocenters. The van der Waals surface area contributed by atoms with Crippen LogP contribution in [0.15, 0.2) is 59.4 Å². The fraction of sp³-hybridized carbons (Fsp3) is 0.200. The number of nitrogens with one attached hydrogen (secondary N) is 2. The molecule has 2 aromatic carbocycles. The van der Waals surface area contributed by atoms with Gasteiger partial charge >= 0.3 is 6.03 Å². The molecule has 0 aliphatic carbocycles. The summed E-state index contributed by atoms with van der Waals surface area (Å²) >= 11 is 6.00. The van der Waals surface area contributed by atoms with E-state index in [1.165, 1.54) is 4.68 Å². The maximum atomic E-state index is 12.8. The minimum absolute atomic E-state index is 0.247. The maximum Gasteiger partial charge on any atom is 0.319 e. The summed E-state index contributed by atoms with van der Waals surface area (Å²) in [5.74, 6) is 0. The van der Waals surface area contributed by atoms with Gasteiger partial charge in [0.15, 0.2) is 0 Å². The first-order chi connectivity index (χ1) is 12.9. The third kappa shape index (κ3) is 3.90. The summed E-state index contributed by atoms with van der Waals surface area (Å²) in [6.45, 7) is 3.64. The lowest BCUT2D eigenvalue weighted by atomic mass is 10.1. The summed E-state index contributed by atoms with van der Waals surface area (Å²) in [5.41, 5.74) is 2.23. The van der Waals surface area contributed by atoms with E-state index in [4.69, 9.17) is 11.6 Å². The van der Waals surface area contributed by atoms with Crippen LogP contribution < -0.4 is 16.2 Å². The number of carbonyl (C=O) groups is 1. The highest BCUT2D eigenvalue weighted by molar-refractivity contribution is 6.30. The van der Waals surface area contributed by atoms with Crippen LogP contribution in [0.4, 0.5) is 10.5 Å². The number of carbonyl (C=O) groups excluding carboxylic acids is 1. The highest BCUT2D eigenvalue weighted by Gasteiger charge is 2.19. The van der Waals surface area contributed by atoms with Crippen molar-refractivity contribution in [3.05, 3.63) is 81.2 Å². The molecule has 3 rings (SSSR count). The van der Waals surface area contributed by atoms with Gasteiger partial charge in [-0.1, -0.05) is 41.9 Å².